The molecule has 0 saturated heterocycles. The van der Waals surface area contributed by atoms with Gasteiger partial charge in [-0.1, -0.05) is 31.0 Å². The minimum absolute atomic E-state index is 0.223. The number of aromatic amines is 1. The SMILES string of the molecule is O=C(NS)c1cc2ccccc2[nH]1. The molecule has 1 heterocycles. The summed E-state index contributed by atoms with van der Waals surface area (Å²) >= 11 is 3.69. The smallest absolute Gasteiger partial charge is 0.277 e. The number of rotatable bonds is 1. The van der Waals surface area contributed by atoms with Gasteiger partial charge in [-0.2, -0.15) is 0 Å². The van der Waals surface area contributed by atoms with E-state index in [2.05, 4.69) is 22.5 Å². The lowest BCUT2D eigenvalue weighted by Crippen LogP contribution is -2.12. The molecule has 0 unspecified atom stereocenters. The Kier molecular flexibility index (Phi) is 1.98. The van der Waals surface area contributed by atoms with Gasteiger partial charge in [0.15, 0.2) is 0 Å². The average molecular weight is 192 g/mol. The van der Waals surface area contributed by atoms with Crippen LogP contribution >= 0.6 is 12.8 Å². The maximum absolute atomic E-state index is 11.2. The van der Waals surface area contributed by atoms with Crippen LogP contribution in [0.25, 0.3) is 10.9 Å². The second-order valence-corrected chi connectivity index (χ2v) is 2.93. The topological polar surface area (TPSA) is 44.9 Å². The molecule has 2 aromatic rings. The number of nitrogens with one attached hydrogen (secondary N) is 2. The van der Waals surface area contributed by atoms with E-state index < -0.39 is 0 Å². The van der Waals surface area contributed by atoms with Gasteiger partial charge in [-0.25, -0.2) is 0 Å². The molecule has 0 spiro atoms. The third kappa shape index (κ3) is 1.40. The zero-order valence-corrected chi connectivity index (χ0v) is 7.64. The molecule has 2 N–H and O–H groups in total. The van der Waals surface area contributed by atoms with E-state index in [0.717, 1.165) is 10.9 Å². The van der Waals surface area contributed by atoms with Crippen LogP contribution in [0.2, 0.25) is 0 Å². The standard InChI is InChI=1S/C9H8N2OS/c12-9(11-13)8-5-6-3-1-2-4-7(6)10-8/h1-5,10,13H,(H,11,12). The Balaban J connectivity index is 2.56. The normalized spacial score (nSPS) is 10.2. The number of thiol groups is 1. The Labute approximate surface area is 80.7 Å². The molecule has 3 nitrogen and oxygen atoms in total. The van der Waals surface area contributed by atoms with Gasteiger partial charge in [0.2, 0.25) is 0 Å². The van der Waals surface area contributed by atoms with Crippen molar-refractivity contribution in [3.63, 3.8) is 0 Å². The van der Waals surface area contributed by atoms with E-state index in [1.165, 1.54) is 0 Å². The fraction of sp³-hybridized carbons (Fsp3) is 0. The number of benzene rings is 1. The molecule has 0 radical (unpaired) electrons. The van der Waals surface area contributed by atoms with Crippen molar-refractivity contribution in [2.75, 3.05) is 0 Å². The largest absolute Gasteiger partial charge is 0.351 e. The third-order valence-electron chi connectivity index (χ3n) is 1.88. The number of hydrogen-bond acceptors (Lipinski definition) is 2. The van der Waals surface area contributed by atoms with Crippen LogP contribution in [0.15, 0.2) is 30.3 Å². The van der Waals surface area contributed by atoms with E-state index in [1.54, 1.807) is 6.07 Å². The van der Waals surface area contributed by atoms with Crippen molar-refractivity contribution in [3.8, 4) is 0 Å². The summed E-state index contributed by atoms with van der Waals surface area (Å²) in [6.07, 6.45) is 0. The molecule has 0 atom stereocenters. The van der Waals surface area contributed by atoms with Crippen molar-refractivity contribution in [1.82, 2.24) is 9.71 Å². The van der Waals surface area contributed by atoms with E-state index in [4.69, 9.17) is 0 Å². The molecule has 1 aromatic heterocycles. The van der Waals surface area contributed by atoms with Crippen molar-refractivity contribution < 1.29 is 4.79 Å². The third-order valence-corrected chi connectivity index (χ3v) is 2.08. The molecular formula is C9H8N2OS. The van der Waals surface area contributed by atoms with E-state index in [0.29, 0.717) is 5.69 Å². The first-order valence-electron chi connectivity index (χ1n) is 3.83. The summed E-state index contributed by atoms with van der Waals surface area (Å²) in [5, 5.41) is 1.02. The zero-order valence-electron chi connectivity index (χ0n) is 6.74. The number of hydrogen-bond donors (Lipinski definition) is 3. The maximum Gasteiger partial charge on any atom is 0.277 e. The van der Waals surface area contributed by atoms with E-state index in [1.807, 2.05) is 24.3 Å². The summed E-state index contributed by atoms with van der Waals surface area (Å²) in [6, 6.07) is 9.51. The van der Waals surface area contributed by atoms with Gasteiger partial charge >= 0.3 is 0 Å². The highest BCUT2D eigenvalue weighted by Gasteiger charge is 2.06. The molecule has 0 aliphatic heterocycles. The summed E-state index contributed by atoms with van der Waals surface area (Å²) in [5.41, 5.74) is 1.48. The highest BCUT2D eigenvalue weighted by Crippen LogP contribution is 2.14. The molecule has 0 fully saturated rings. The second-order valence-electron chi connectivity index (χ2n) is 2.71. The van der Waals surface area contributed by atoms with Gasteiger partial charge < -0.3 is 4.98 Å². The van der Waals surface area contributed by atoms with Crippen LogP contribution in [0, 0.1) is 0 Å². The van der Waals surface area contributed by atoms with Gasteiger partial charge in [0, 0.05) is 10.9 Å². The molecule has 0 bridgehead atoms. The number of fused-ring (bicyclic) bond motifs is 1. The van der Waals surface area contributed by atoms with Gasteiger partial charge in [0.1, 0.15) is 5.69 Å². The lowest BCUT2D eigenvalue weighted by Gasteiger charge is -1.91. The molecular weight excluding hydrogens is 184 g/mol. The number of amides is 1. The fourth-order valence-electron chi connectivity index (χ4n) is 1.26. The minimum atomic E-state index is -0.223. The van der Waals surface area contributed by atoms with Gasteiger partial charge in [0.25, 0.3) is 5.91 Å². The molecule has 1 aromatic carbocycles. The summed E-state index contributed by atoms with van der Waals surface area (Å²) < 4.78 is 2.27. The summed E-state index contributed by atoms with van der Waals surface area (Å²) in [4.78, 5) is 14.1. The van der Waals surface area contributed by atoms with Crippen LogP contribution in [0.5, 0.6) is 0 Å². The predicted octanol–water partition coefficient (Wildman–Crippen LogP) is 1.74. The molecule has 66 valence electrons. The minimum Gasteiger partial charge on any atom is -0.351 e. The monoisotopic (exact) mass is 192 g/mol. The van der Waals surface area contributed by atoms with Gasteiger partial charge in [-0.3, -0.25) is 9.52 Å². The molecule has 0 aliphatic carbocycles. The van der Waals surface area contributed by atoms with Crippen molar-refractivity contribution >= 4 is 29.6 Å². The Morgan fingerprint density at radius 3 is 2.85 bits per heavy atom. The van der Waals surface area contributed by atoms with Gasteiger partial charge in [-0.15, -0.1) is 0 Å². The lowest BCUT2D eigenvalue weighted by molar-refractivity contribution is 0.0981. The Hall–Kier alpha value is -1.42. The number of aromatic nitrogens is 1. The zero-order chi connectivity index (χ0) is 9.26. The van der Waals surface area contributed by atoms with Crippen molar-refractivity contribution in [2.24, 2.45) is 0 Å². The van der Waals surface area contributed by atoms with Crippen LogP contribution in [0.3, 0.4) is 0 Å². The fourth-order valence-corrected chi connectivity index (χ4v) is 1.38. The first-order valence-corrected chi connectivity index (χ1v) is 4.28. The molecule has 2 rings (SSSR count). The molecule has 1 amide bonds. The number of para-hydroxylation sites is 1. The molecule has 0 saturated carbocycles. The van der Waals surface area contributed by atoms with Crippen LogP contribution in [0.1, 0.15) is 10.5 Å². The molecule has 0 aliphatic rings. The Bertz CT molecular complexity index is 417. The average Bonchev–Trinajstić information content (AvgIpc) is 2.59. The Morgan fingerprint density at radius 1 is 1.38 bits per heavy atom. The quantitative estimate of drug-likeness (QED) is 0.592. The highest BCUT2D eigenvalue weighted by molar-refractivity contribution is 7.78. The maximum atomic E-state index is 11.2. The molecule has 13 heavy (non-hydrogen) atoms. The van der Waals surface area contributed by atoms with Gasteiger partial charge in [0.05, 0.1) is 0 Å². The molecule has 4 heteroatoms. The Morgan fingerprint density at radius 2 is 2.15 bits per heavy atom. The van der Waals surface area contributed by atoms with E-state index in [9.17, 15) is 4.79 Å². The summed E-state index contributed by atoms with van der Waals surface area (Å²) in [5.74, 6) is -0.223. The van der Waals surface area contributed by atoms with Gasteiger partial charge in [-0.05, 0) is 12.1 Å². The van der Waals surface area contributed by atoms with E-state index >= 15 is 0 Å². The highest BCUT2D eigenvalue weighted by atomic mass is 32.1. The first-order chi connectivity index (χ1) is 6.31. The van der Waals surface area contributed by atoms with Crippen LogP contribution in [-0.4, -0.2) is 10.9 Å². The van der Waals surface area contributed by atoms with Crippen LogP contribution < -0.4 is 4.72 Å². The van der Waals surface area contributed by atoms with Crippen LogP contribution in [0.4, 0.5) is 0 Å². The van der Waals surface area contributed by atoms with Crippen molar-refractivity contribution in [3.05, 3.63) is 36.0 Å². The van der Waals surface area contributed by atoms with Crippen molar-refractivity contribution in [2.45, 2.75) is 0 Å². The number of carbonyl (C=O) groups is 1. The summed E-state index contributed by atoms with van der Waals surface area (Å²) in [6.45, 7) is 0. The first kappa shape index (κ1) is 8.19. The predicted molar refractivity (Wildman–Crippen MR) is 54.8 cm³/mol. The lowest BCUT2D eigenvalue weighted by atomic mass is 10.2. The number of carbonyl (C=O) groups excluding carboxylic acids is 1. The van der Waals surface area contributed by atoms with Crippen molar-refractivity contribution in [1.29, 1.82) is 0 Å². The number of H-pyrrole nitrogens is 1. The summed E-state index contributed by atoms with van der Waals surface area (Å²) in [7, 11) is 0. The second kappa shape index (κ2) is 3.14. The van der Waals surface area contributed by atoms with E-state index in [-0.39, 0.29) is 5.91 Å². The van der Waals surface area contributed by atoms with Crippen LogP contribution in [-0.2, 0) is 0 Å².